The fourth-order valence-corrected chi connectivity index (χ4v) is 1.60. The van der Waals surface area contributed by atoms with Gasteiger partial charge in [0.1, 0.15) is 5.75 Å². The number of amides is 1. The average Bonchev–Trinajstić information content (AvgIpc) is 2.85. The topological polar surface area (TPSA) is 82.8 Å². The molecule has 0 spiro atoms. The van der Waals surface area contributed by atoms with Gasteiger partial charge in [0.15, 0.2) is 11.5 Å². The highest BCUT2D eigenvalue weighted by molar-refractivity contribution is 5.80. The molecule has 1 atom stereocenters. The molecule has 0 fully saturated rings. The van der Waals surface area contributed by atoms with E-state index in [4.69, 9.17) is 19.9 Å². The molecule has 1 aliphatic rings. The summed E-state index contributed by atoms with van der Waals surface area (Å²) >= 11 is 0. The number of nitrogens with two attached hydrogens (primary N) is 1. The SMILES string of the molecule is CC(N)C(=O)NCCCOc1ccc2c(c1)OCO2. The molecule has 0 radical (unpaired) electrons. The summed E-state index contributed by atoms with van der Waals surface area (Å²) in [5.41, 5.74) is 5.42. The number of carbonyl (C=O) groups excluding carboxylic acids is 1. The van der Waals surface area contributed by atoms with Crippen LogP contribution in [0.2, 0.25) is 0 Å². The molecule has 0 saturated heterocycles. The van der Waals surface area contributed by atoms with Crippen molar-refractivity contribution in [3.05, 3.63) is 18.2 Å². The standard InChI is InChI=1S/C13H18N2O4/c1-9(14)13(16)15-5-2-6-17-10-3-4-11-12(7-10)19-8-18-11/h3-4,7,9H,2,5-6,8,14H2,1H3,(H,15,16). The van der Waals surface area contributed by atoms with Crippen molar-refractivity contribution in [3.63, 3.8) is 0 Å². The summed E-state index contributed by atoms with van der Waals surface area (Å²) < 4.78 is 16.0. The second-order valence-corrected chi connectivity index (χ2v) is 4.30. The molecule has 104 valence electrons. The van der Waals surface area contributed by atoms with Crippen LogP contribution < -0.4 is 25.3 Å². The van der Waals surface area contributed by atoms with Crippen LogP contribution in [0.1, 0.15) is 13.3 Å². The Morgan fingerprint density at radius 1 is 1.47 bits per heavy atom. The van der Waals surface area contributed by atoms with Gasteiger partial charge in [-0.15, -0.1) is 0 Å². The fourth-order valence-electron chi connectivity index (χ4n) is 1.60. The highest BCUT2D eigenvalue weighted by Crippen LogP contribution is 2.34. The largest absolute Gasteiger partial charge is 0.493 e. The molecule has 1 amide bonds. The number of benzene rings is 1. The van der Waals surface area contributed by atoms with E-state index in [1.165, 1.54) is 0 Å². The molecule has 1 aromatic rings. The maximum Gasteiger partial charge on any atom is 0.236 e. The first-order chi connectivity index (χ1) is 9.16. The minimum absolute atomic E-state index is 0.150. The van der Waals surface area contributed by atoms with Gasteiger partial charge in [-0.05, 0) is 25.5 Å². The summed E-state index contributed by atoms with van der Waals surface area (Å²) in [7, 11) is 0. The number of ether oxygens (including phenoxy) is 3. The van der Waals surface area contributed by atoms with Gasteiger partial charge in [-0.2, -0.15) is 0 Å². The Kier molecular flexibility index (Phi) is 4.46. The van der Waals surface area contributed by atoms with Crippen LogP contribution >= 0.6 is 0 Å². The zero-order valence-electron chi connectivity index (χ0n) is 10.8. The van der Waals surface area contributed by atoms with E-state index in [2.05, 4.69) is 5.32 Å². The van der Waals surface area contributed by atoms with Gasteiger partial charge >= 0.3 is 0 Å². The average molecular weight is 266 g/mol. The number of rotatable bonds is 6. The Labute approximate surface area is 111 Å². The third-order valence-corrected chi connectivity index (χ3v) is 2.65. The van der Waals surface area contributed by atoms with Crippen LogP contribution in [0, 0.1) is 0 Å². The van der Waals surface area contributed by atoms with Crippen molar-refractivity contribution in [2.45, 2.75) is 19.4 Å². The minimum Gasteiger partial charge on any atom is -0.493 e. The Hall–Kier alpha value is -1.95. The molecule has 6 nitrogen and oxygen atoms in total. The van der Waals surface area contributed by atoms with E-state index in [-0.39, 0.29) is 12.7 Å². The molecule has 1 aliphatic heterocycles. The first-order valence-electron chi connectivity index (χ1n) is 6.22. The lowest BCUT2D eigenvalue weighted by molar-refractivity contribution is -0.121. The van der Waals surface area contributed by atoms with E-state index in [0.717, 1.165) is 11.5 Å². The van der Waals surface area contributed by atoms with Crippen molar-refractivity contribution >= 4 is 5.91 Å². The summed E-state index contributed by atoms with van der Waals surface area (Å²) in [4.78, 5) is 11.2. The predicted octanol–water partition coefficient (Wildman–Crippen LogP) is 0.648. The quantitative estimate of drug-likeness (QED) is 0.739. The van der Waals surface area contributed by atoms with Crippen molar-refractivity contribution in [1.29, 1.82) is 0 Å². The summed E-state index contributed by atoms with van der Waals surface area (Å²) in [5.74, 6) is 2.00. The summed E-state index contributed by atoms with van der Waals surface area (Å²) in [6.45, 7) is 2.96. The van der Waals surface area contributed by atoms with Crippen molar-refractivity contribution in [2.24, 2.45) is 5.73 Å². The van der Waals surface area contributed by atoms with Crippen LogP contribution in [0.5, 0.6) is 17.2 Å². The molecule has 0 aromatic heterocycles. The predicted molar refractivity (Wildman–Crippen MR) is 69.3 cm³/mol. The molecule has 0 saturated carbocycles. The minimum atomic E-state index is -0.477. The van der Waals surface area contributed by atoms with Crippen molar-refractivity contribution < 1.29 is 19.0 Å². The normalized spacial score (nSPS) is 14.0. The summed E-state index contributed by atoms with van der Waals surface area (Å²) in [6.07, 6.45) is 0.715. The van der Waals surface area contributed by atoms with Crippen LogP contribution in [0.25, 0.3) is 0 Å². The van der Waals surface area contributed by atoms with Gasteiger partial charge in [0, 0.05) is 12.6 Å². The molecule has 2 rings (SSSR count). The second-order valence-electron chi connectivity index (χ2n) is 4.30. The Morgan fingerprint density at radius 2 is 2.26 bits per heavy atom. The van der Waals surface area contributed by atoms with E-state index in [1.807, 2.05) is 12.1 Å². The van der Waals surface area contributed by atoms with Gasteiger partial charge in [-0.3, -0.25) is 4.79 Å². The smallest absolute Gasteiger partial charge is 0.236 e. The number of hydrogen-bond donors (Lipinski definition) is 2. The first kappa shape index (κ1) is 13.5. The highest BCUT2D eigenvalue weighted by atomic mass is 16.7. The molecular weight excluding hydrogens is 248 g/mol. The van der Waals surface area contributed by atoms with Crippen LogP contribution in [0.4, 0.5) is 0 Å². The van der Waals surface area contributed by atoms with Gasteiger partial charge in [0.25, 0.3) is 0 Å². The highest BCUT2D eigenvalue weighted by Gasteiger charge is 2.13. The molecule has 19 heavy (non-hydrogen) atoms. The monoisotopic (exact) mass is 266 g/mol. The van der Waals surface area contributed by atoms with Crippen LogP contribution in [0.3, 0.4) is 0 Å². The van der Waals surface area contributed by atoms with Crippen LogP contribution in [-0.2, 0) is 4.79 Å². The van der Waals surface area contributed by atoms with Crippen molar-refractivity contribution in [3.8, 4) is 17.2 Å². The molecule has 1 heterocycles. The van der Waals surface area contributed by atoms with Gasteiger partial charge in [0.05, 0.1) is 12.6 Å². The molecule has 1 unspecified atom stereocenters. The lowest BCUT2D eigenvalue weighted by Gasteiger charge is -2.09. The van der Waals surface area contributed by atoms with Gasteiger partial charge < -0.3 is 25.3 Å². The molecule has 0 aliphatic carbocycles. The fraction of sp³-hybridized carbons (Fsp3) is 0.462. The maximum absolute atomic E-state index is 11.2. The Morgan fingerprint density at radius 3 is 3.05 bits per heavy atom. The number of carbonyl (C=O) groups is 1. The zero-order chi connectivity index (χ0) is 13.7. The van der Waals surface area contributed by atoms with Gasteiger partial charge in [-0.1, -0.05) is 0 Å². The van der Waals surface area contributed by atoms with Crippen molar-refractivity contribution in [1.82, 2.24) is 5.32 Å². The first-order valence-corrected chi connectivity index (χ1v) is 6.22. The molecule has 1 aromatic carbocycles. The zero-order valence-corrected chi connectivity index (χ0v) is 10.8. The second kappa shape index (κ2) is 6.29. The third kappa shape index (κ3) is 3.75. The summed E-state index contributed by atoms with van der Waals surface area (Å²) in [5, 5.41) is 2.72. The maximum atomic E-state index is 11.2. The van der Waals surface area contributed by atoms with E-state index in [1.54, 1.807) is 13.0 Å². The molecular formula is C13H18N2O4. The van der Waals surface area contributed by atoms with Gasteiger partial charge in [-0.25, -0.2) is 0 Å². The summed E-state index contributed by atoms with van der Waals surface area (Å²) in [6, 6.07) is 4.96. The lowest BCUT2D eigenvalue weighted by atomic mass is 10.3. The number of fused-ring (bicyclic) bond motifs is 1. The van der Waals surface area contributed by atoms with Crippen LogP contribution in [-0.4, -0.2) is 31.9 Å². The number of nitrogens with one attached hydrogen (secondary N) is 1. The van der Waals surface area contributed by atoms with E-state index >= 15 is 0 Å². The molecule has 6 heteroatoms. The van der Waals surface area contributed by atoms with Gasteiger partial charge in [0.2, 0.25) is 12.7 Å². The lowest BCUT2D eigenvalue weighted by Crippen LogP contribution is -2.38. The third-order valence-electron chi connectivity index (χ3n) is 2.65. The number of hydrogen-bond acceptors (Lipinski definition) is 5. The van der Waals surface area contributed by atoms with Crippen LogP contribution in [0.15, 0.2) is 18.2 Å². The van der Waals surface area contributed by atoms with Crippen molar-refractivity contribution in [2.75, 3.05) is 19.9 Å². The van der Waals surface area contributed by atoms with E-state index < -0.39 is 6.04 Å². The Balaban J connectivity index is 1.67. The molecule has 3 N–H and O–H groups in total. The Bertz CT molecular complexity index is 448. The van der Waals surface area contributed by atoms with E-state index in [0.29, 0.717) is 25.3 Å². The molecule has 0 bridgehead atoms. The van der Waals surface area contributed by atoms with E-state index in [9.17, 15) is 4.79 Å².